The molecule has 2 atom stereocenters. The van der Waals surface area contributed by atoms with Crippen molar-refractivity contribution < 1.29 is 9.53 Å². The van der Waals surface area contributed by atoms with E-state index in [-0.39, 0.29) is 5.97 Å². The van der Waals surface area contributed by atoms with Crippen molar-refractivity contribution in [2.24, 2.45) is 0 Å². The number of hydrogen-bond donors (Lipinski definition) is 1. The van der Waals surface area contributed by atoms with E-state index in [1.54, 1.807) is 0 Å². The Morgan fingerprint density at radius 1 is 1.42 bits per heavy atom. The highest BCUT2D eigenvalue weighted by Gasteiger charge is 2.36. The smallest absolute Gasteiger partial charge is 0.327 e. The van der Waals surface area contributed by atoms with E-state index >= 15 is 0 Å². The number of carbonyl (C=O) groups excluding carboxylic acids is 1. The van der Waals surface area contributed by atoms with Crippen LogP contribution in [0.3, 0.4) is 0 Å². The number of rotatable bonds is 6. The molecule has 0 aliphatic carbocycles. The normalized spacial score (nSPS) is 25.0. The van der Waals surface area contributed by atoms with Crippen LogP contribution in [0.2, 0.25) is 0 Å². The van der Waals surface area contributed by atoms with Gasteiger partial charge >= 0.3 is 5.97 Å². The molecule has 0 aromatic heterocycles. The van der Waals surface area contributed by atoms with Crippen LogP contribution in [0, 0.1) is 0 Å². The Kier molecular flexibility index (Phi) is 6.23. The first kappa shape index (κ1) is 16.4. The fourth-order valence-electron chi connectivity index (χ4n) is 2.67. The van der Waals surface area contributed by atoms with Gasteiger partial charge in [0, 0.05) is 32.2 Å². The fourth-order valence-corrected chi connectivity index (χ4v) is 2.67. The highest BCUT2D eigenvalue weighted by molar-refractivity contribution is 5.80. The van der Waals surface area contributed by atoms with E-state index < -0.39 is 5.54 Å². The number of hydrogen-bond acceptors (Lipinski definition) is 5. The minimum Gasteiger partial charge on any atom is -0.465 e. The minimum absolute atomic E-state index is 0.164. The predicted octanol–water partition coefficient (Wildman–Crippen LogP) is 0.554. The summed E-state index contributed by atoms with van der Waals surface area (Å²) in [6.07, 6.45) is 0. The molecule has 5 heteroatoms. The highest BCUT2D eigenvalue weighted by Crippen LogP contribution is 2.14. The molecule has 19 heavy (non-hydrogen) atoms. The van der Waals surface area contributed by atoms with Gasteiger partial charge in [0.2, 0.25) is 0 Å². The summed E-state index contributed by atoms with van der Waals surface area (Å²) in [5.41, 5.74) is -0.621. The van der Waals surface area contributed by atoms with E-state index in [4.69, 9.17) is 4.74 Å². The van der Waals surface area contributed by atoms with Crippen molar-refractivity contribution in [1.82, 2.24) is 15.1 Å². The third-order valence-corrected chi connectivity index (χ3v) is 4.07. The molecule has 0 radical (unpaired) electrons. The maximum Gasteiger partial charge on any atom is 0.327 e. The van der Waals surface area contributed by atoms with Gasteiger partial charge in [-0.3, -0.25) is 14.6 Å². The summed E-state index contributed by atoms with van der Waals surface area (Å²) in [6.45, 7) is 13.5. The second-order valence-corrected chi connectivity index (χ2v) is 5.52. The maximum atomic E-state index is 12.0. The highest BCUT2D eigenvalue weighted by atomic mass is 16.5. The van der Waals surface area contributed by atoms with Crippen LogP contribution in [0.4, 0.5) is 0 Å². The number of nitrogens with zero attached hydrogens (tertiary/aromatic N) is 2. The number of esters is 1. The van der Waals surface area contributed by atoms with Gasteiger partial charge in [0.05, 0.1) is 6.61 Å². The van der Waals surface area contributed by atoms with Crippen LogP contribution in [-0.4, -0.2) is 73.7 Å². The van der Waals surface area contributed by atoms with Crippen molar-refractivity contribution >= 4 is 5.97 Å². The summed E-state index contributed by atoms with van der Waals surface area (Å²) in [4.78, 5) is 16.9. The van der Waals surface area contributed by atoms with E-state index in [9.17, 15) is 4.79 Å². The van der Waals surface area contributed by atoms with Crippen LogP contribution in [0.5, 0.6) is 0 Å². The molecule has 0 spiro atoms. The van der Waals surface area contributed by atoms with E-state index in [0.29, 0.717) is 19.2 Å². The predicted molar refractivity (Wildman–Crippen MR) is 77.2 cm³/mol. The number of nitrogens with one attached hydrogen (secondary N) is 1. The Labute approximate surface area is 117 Å². The first-order valence-electron chi connectivity index (χ1n) is 7.29. The molecule has 1 saturated heterocycles. The zero-order valence-corrected chi connectivity index (χ0v) is 13.0. The zero-order chi connectivity index (χ0) is 14.5. The zero-order valence-electron chi connectivity index (χ0n) is 13.0. The van der Waals surface area contributed by atoms with Gasteiger partial charge in [-0.2, -0.15) is 0 Å². The molecule has 1 aliphatic heterocycles. The van der Waals surface area contributed by atoms with Gasteiger partial charge in [0.15, 0.2) is 0 Å². The van der Waals surface area contributed by atoms with Crippen LogP contribution in [-0.2, 0) is 9.53 Å². The fraction of sp³-hybridized carbons (Fsp3) is 0.929. The second kappa shape index (κ2) is 7.22. The monoisotopic (exact) mass is 271 g/mol. The molecule has 1 heterocycles. The third kappa shape index (κ3) is 4.16. The van der Waals surface area contributed by atoms with Gasteiger partial charge in [-0.25, -0.2) is 0 Å². The van der Waals surface area contributed by atoms with Crippen molar-refractivity contribution in [3.8, 4) is 0 Å². The van der Waals surface area contributed by atoms with E-state index in [1.807, 2.05) is 20.9 Å². The number of carbonyl (C=O) groups is 1. The number of likely N-dealkylation sites (N-methyl/N-ethyl adjacent to an activating group) is 2. The number of piperazine rings is 1. The van der Waals surface area contributed by atoms with Crippen molar-refractivity contribution in [2.45, 2.75) is 39.3 Å². The molecule has 112 valence electrons. The standard InChI is InChI=1S/C14H29N3O2/c1-6-17-9-8-16(10-12(17)3)11-14(4,15-5)13(18)19-7-2/h12,15H,6-11H2,1-5H3. The van der Waals surface area contributed by atoms with E-state index in [2.05, 4.69) is 29.0 Å². The van der Waals surface area contributed by atoms with Crippen molar-refractivity contribution in [3.05, 3.63) is 0 Å². The summed E-state index contributed by atoms with van der Waals surface area (Å²) in [6, 6.07) is 0.544. The molecule has 1 N–H and O–H groups in total. The Bertz CT molecular complexity index is 298. The first-order chi connectivity index (χ1) is 8.96. The lowest BCUT2D eigenvalue weighted by atomic mass is 10.0. The third-order valence-electron chi connectivity index (χ3n) is 4.07. The van der Waals surface area contributed by atoms with Gasteiger partial charge in [0.25, 0.3) is 0 Å². The summed E-state index contributed by atoms with van der Waals surface area (Å²) in [7, 11) is 1.82. The average molecular weight is 271 g/mol. The summed E-state index contributed by atoms with van der Waals surface area (Å²) in [5.74, 6) is -0.164. The van der Waals surface area contributed by atoms with Gasteiger partial charge in [-0.1, -0.05) is 6.92 Å². The molecular weight excluding hydrogens is 242 g/mol. The first-order valence-corrected chi connectivity index (χ1v) is 7.29. The van der Waals surface area contributed by atoms with E-state index in [0.717, 1.165) is 26.2 Å². The lowest BCUT2D eigenvalue weighted by Gasteiger charge is -2.42. The molecule has 0 aromatic rings. The topological polar surface area (TPSA) is 44.8 Å². The number of ether oxygens (including phenoxy) is 1. The molecule has 1 fully saturated rings. The molecular formula is C14H29N3O2. The van der Waals surface area contributed by atoms with Crippen LogP contribution in [0.25, 0.3) is 0 Å². The molecule has 1 aliphatic rings. The summed E-state index contributed by atoms with van der Waals surface area (Å²) < 4.78 is 5.17. The largest absolute Gasteiger partial charge is 0.465 e. The lowest BCUT2D eigenvalue weighted by Crippen LogP contribution is -2.60. The van der Waals surface area contributed by atoms with Gasteiger partial charge in [-0.15, -0.1) is 0 Å². The minimum atomic E-state index is -0.621. The van der Waals surface area contributed by atoms with Crippen molar-refractivity contribution in [2.75, 3.05) is 46.4 Å². The maximum absolute atomic E-state index is 12.0. The molecule has 0 aromatic carbocycles. The average Bonchev–Trinajstić information content (AvgIpc) is 2.39. The second-order valence-electron chi connectivity index (χ2n) is 5.52. The summed E-state index contributed by atoms with van der Waals surface area (Å²) in [5, 5.41) is 3.12. The molecule has 1 rings (SSSR count). The Balaban J connectivity index is 2.59. The van der Waals surface area contributed by atoms with E-state index in [1.165, 1.54) is 0 Å². The quantitative estimate of drug-likeness (QED) is 0.715. The lowest BCUT2D eigenvalue weighted by molar-refractivity contribution is -0.151. The van der Waals surface area contributed by atoms with Crippen LogP contribution in [0.15, 0.2) is 0 Å². The van der Waals surface area contributed by atoms with Gasteiger partial charge in [-0.05, 0) is 34.4 Å². The Morgan fingerprint density at radius 2 is 2.11 bits per heavy atom. The summed E-state index contributed by atoms with van der Waals surface area (Å²) >= 11 is 0. The van der Waals surface area contributed by atoms with Crippen LogP contribution < -0.4 is 5.32 Å². The molecule has 0 amide bonds. The van der Waals surface area contributed by atoms with Crippen molar-refractivity contribution in [3.63, 3.8) is 0 Å². The molecule has 0 bridgehead atoms. The molecule has 2 unspecified atom stereocenters. The van der Waals surface area contributed by atoms with Crippen molar-refractivity contribution in [1.29, 1.82) is 0 Å². The molecule has 0 saturated carbocycles. The Morgan fingerprint density at radius 3 is 2.58 bits per heavy atom. The van der Waals surface area contributed by atoms with Crippen LogP contribution >= 0.6 is 0 Å². The van der Waals surface area contributed by atoms with Crippen LogP contribution in [0.1, 0.15) is 27.7 Å². The SMILES string of the molecule is CCOC(=O)C(C)(CN1CCN(CC)C(C)C1)NC. The Hall–Kier alpha value is -0.650. The van der Waals surface area contributed by atoms with Gasteiger partial charge < -0.3 is 10.1 Å². The molecule has 5 nitrogen and oxygen atoms in total. The van der Waals surface area contributed by atoms with Gasteiger partial charge in [0.1, 0.15) is 5.54 Å².